The maximum absolute atomic E-state index is 9.69. The molecule has 0 N–H and O–H groups in total. The summed E-state index contributed by atoms with van der Waals surface area (Å²) in [5.41, 5.74) is 7.11. The summed E-state index contributed by atoms with van der Waals surface area (Å²) in [7, 11) is 0. The van der Waals surface area contributed by atoms with Gasteiger partial charge in [0.05, 0.1) is 45.3 Å². The van der Waals surface area contributed by atoms with Gasteiger partial charge in [0, 0.05) is 32.9 Å². The average molecular weight is 459 g/mol. The molecular weight excluding hydrogens is 440 g/mol. The third-order valence-corrected chi connectivity index (χ3v) is 6.92. The zero-order chi connectivity index (χ0) is 24.2. The van der Waals surface area contributed by atoms with Crippen molar-refractivity contribution in [1.29, 1.82) is 10.5 Å². The molecule has 7 aromatic rings. The molecule has 0 amide bonds. The van der Waals surface area contributed by atoms with Crippen molar-refractivity contribution in [3.63, 3.8) is 0 Å². The minimum Gasteiger partial charge on any atom is -0.307 e. The smallest absolute Gasteiger partial charge is 0.0992 e. The lowest BCUT2D eigenvalue weighted by atomic mass is 10.1. The Morgan fingerprint density at radius 2 is 0.917 bits per heavy atom. The zero-order valence-corrected chi connectivity index (χ0v) is 19.2. The molecule has 0 radical (unpaired) electrons. The van der Waals surface area contributed by atoms with Gasteiger partial charge < -0.3 is 9.13 Å². The second-order valence-electron chi connectivity index (χ2n) is 8.89. The van der Waals surface area contributed by atoms with Gasteiger partial charge in [-0.25, -0.2) is 0 Å². The van der Waals surface area contributed by atoms with Crippen molar-refractivity contribution >= 4 is 43.6 Å². The van der Waals surface area contributed by atoms with E-state index >= 15 is 0 Å². The van der Waals surface area contributed by atoms with Gasteiger partial charge in [0.15, 0.2) is 0 Å². The van der Waals surface area contributed by atoms with Crippen LogP contribution >= 0.6 is 0 Å². The minimum absolute atomic E-state index is 0.464. The van der Waals surface area contributed by atoms with Gasteiger partial charge >= 0.3 is 0 Å². The Bertz CT molecular complexity index is 2030. The summed E-state index contributed by atoms with van der Waals surface area (Å²) in [6, 6.07) is 41.4. The van der Waals surface area contributed by atoms with E-state index in [9.17, 15) is 10.5 Å². The number of fused-ring (bicyclic) bond motifs is 7. The van der Waals surface area contributed by atoms with Gasteiger partial charge in [-0.3, -0.25) is 0 Å². The molecule has 0 aliphatic rings. The lowest BCUT2D eigenvalue weighted by Gasteiger charge is -2.13. The molecule has 2 aromatic heterocycles. The van der Waals surface area contributed by atoms with Gasteiger partial charge in [-0.05, 0) is 42.5 Å². The predicted molar refractivity (Wildman–Crippen MR) is 145 cm³/mol. The summed E-state index contributed by atoms with van der Waals surface area (Å²) >= 11 is 0. The van der Waals surface area contributed by atoms with Crippen molar-refractivity contribution in [2.75, 3.05) is 0 Å². The van der Waals surface area contributed by atoms with Gasteiger partial charge in [-0.2, -0.15) is 10.5 Å². The molecule has 0 saturated heterocycles. The zero-order valence-electron chi connectivity index (χ0n) is 19.2. The Balaban J connectivity index is 1.78. The first-order valence-electron chi connectivity index (χ1n) is 11.7. The van der Waals surface area contributed by atoms with Crippen LogP contribution in [0.15, 0.2) is 109 Å². The fourth-order valence-corrected chi connectivity index (χ4v) is 5.48. The molecule has 2 heterocycles. The van der Waals surface area contributed by atoms with Crippen molar-refractivity contribution in [3.05, 3.63) is 120 Å². The highest BCUT2D eigenvalue weighted by Gasteiger charge is 2.21. The number of benzene rings is 5. The van der Waals surface area contributed by atoms with Crippen molar-refractivity contribution < 1.29 is 0 Å². The summed E-state index contributed by atoms with van der Waals surface area (Å²) in [6.07, 6.45) is 0. The van der Waals surface area contributed by atoms with E-state index in [1.165, 1.54) is 5.39 Å². The summed E-state index contributed by atoms with van der Waals surface area (Å²) < 4.78 is 4.52. The summed E-state index contributed by atoms with van der Waals surface area (Å²) in [5, 5.41) is 24.0. The molecule has 0 aliphatic carbocycles. The highest BCUT2D eigenvalue weighted by Crippen LogP contribution is 2.41. The fraction of sp³-hybridized carbons (Fsp3) is 0. The molecule has 0 unspecified atom stereocenters. The van der Waals surface area contributed by atoms with E-state index in [2.05, 4.69) is 100 Å². The Hall–Kier alpha value is -5.32. The van der Waals surface area contributed by atoms with Crippen LogP contribution in [-0.2, 0) is 0 Å². The predicted octanol–water partition coefficient (Wildman–Crippen LogP) is 7.62. The molecule has 0 spiro atoms. The highest BCUT2D eigenvalue weighted by atomic mass is 15.0. The first-order chi connectivity index (χ1) is 17.8. The van der Waals surface area contributed by atoms with E-state index in [1.54, 1.807) is 6.07 Å². The van der Waals surface area contributed by atoms with E-state index in [0.717, 1.165) is 49.6 Å². The number of para-hydroxylation sites is 3. The topological polar surface area (TPSA) is 57.4 Å². The number of nitriles is 2. The van der Waals surface area contributed by atoms with Crippen molar-refractivity contribution in [3.8, 4) is 23.5 Å². The third kappa shape index (κ3) is 2.73. The van der Waals surface area contributed by atoms with Crippen LogP contribution in [0.25, 0.3) is 55.0 Å². The van der Waals surface area contributed by atoms with E-state index in [4.69, 9.17) is 0 Å². The molecule has 0 atom stereocenters. The first kappa shape index (κ1) is 20.1. The molecule has 4 heteroatoms. The summed E-state index contributed by atoms with van der Waals surface area (Å²) in [4.78, 5) is 0. The monoisotopic (exact) mass is 458 g/mol. The third-order valence-electron chi connectivity index (χ3n) is 6.92. The Morgan fingerprint density at radius 1 is 0.444 bits per heavy atom. The lowest BCUT2D eigenvalue weighted by molar-refractivity contribution is 1.15. The minimum atomic E-state index is 0.464. The van der Waals surface area contributed by atoms with Gasteiger partial charge in [-0.1, -0.05) is 66.7 Å². The number of aromatic nitrogens is 2. The molecule has 166 valence electrons. The molecule has 0 aliphatic heterocycles. The number of hydrogen-bond donors (Lipinski definition) is 0. The Labute approximate surface area is 207 Å². The Kier molecular flexibility index (Phi) is 4.24. The fourth-order valence-electron chi connectivity index (χ4n) is 5.48. The van der Waals surface area contributed by atoms with E-state index in [1.807, 2.05) is 24.3 Å². The Morgan fingerprint density at radius 3 is 1.44 bits per heavy atom. The average Bonchev–Trinajstić information content (AvgIpc) is 3.46. The largest absolute Gasteiger partial charge is 0.307 e. The summed E-state index contributed by atoms with van der Waals surface area (Å²) in [5.74, 6) is 0. The van der Waals surface area contributed by atoms with Crippen molar-refractivity contribution in [2.45, 2.75) is 0 Å². The number of nitrogens with zero attached hydrogens (tertiary/aromatic N) is 4. The molecule has 36 heavy (non-hydrogen) atoms. The van der Waals surface area contributed by atoms with Crippen LogP contribution < -0.4 is 0 Å². The lowest BCUT2D eigenvalue weighted by Crippen LogP contribution is -1.99. The van der Waals surface area contributed by atoms with Crippen LogP contribution in [0, 0.1) is 22.7 Å². The van der Waals surface area contributed by atoms with Crippen LogP contribution in [0.5, 0.6) is 0 Å². The quantitative estimate of drug-likeness (QED) is 0.267. The molecule has 4 nitrogen and oxygen atoms in total. The maximum Gasteiger partial charge on any atom is 0.0992 e. The number of rotatable bonds is 2. The van der Waals surface area contributed by atoms with Crippen LogP contribution in [-0.4, -0.2) is 9.13 Å². The normalized spacial score (nSPS) is 11.3. The van der Waals surface area contributed by atoms with Crippen LogP contribution in [0.4, 0.5) is 0 Å². The van der Waals surface area contributed by atoms with Crippen molar-refractivity contribution in [1.82, 2.24) is 9.13 Å². The second-order valence-corrected chi connectivity index (χ2v) is 8.89. The molecule has 7 rings (SSSR count). The molecule has 5 aromatic carbocycles. The van der Waals surface area contributed by atoms with E-state index in [0.29, 0.717) is 11.1 Å². The van der Waals surface area contributed by atoms with Crippen LogP contribution in [0.1, 0.15) is 11.1 Å². The summed E-state index contributed by atoms with van der Waals surface area (Å²) in [6.45, 7) is 0. The highest BCUT2D eigenvalue weighted by molar-refractivity contribution is 6.23. The standard InChI is InChI=1S/C32H18N4/c33-19-21-16-22(20-34)18-24(17-21)36-30-13-7-5-11-26(30)28-15-14-27-25-10-4-6-12-29(25)35(31(27)32(28)36)23-8-2-1-3-9-23/h1-18H. The van der Waals surface area contributed by atoms with Gasteiger partial charge in [0.25, 0.3) is 0 Å². The van der Waals surface area contributed by atoms with E-state index < -0.39 is 0 Å². The van der Waals surface area contributed by atoms with Gasteiger partial charge in [-0.15, -0.1) is 0 Å². The van der Waals surface area contributed by atoms with E-state index in [-0.39, 0.29) is 0 Å². The van der Waals surface area contributed by atoms with Gasteiger partial charge in [0.1, 0.15) is 0 Å². The first-order valence-corrected chi connectivity index (χ1v) is 11.7. The molecule has 0 fully saturated rings. The molecular formula is C32H18N4. The second kappa shape index (κ2) is 7.60. The molecule has 0 saturated carbocycles. The SMILES string of the molecule is N#Cc1cc(C#N)cc(-n2c3ccccc3c3ccc4c5ccccc5n(-c5ccccc5)c4c32)c1. The maximum atomic E-state index is 9.69. The number of hydrogen-bond acceptors (Lipinski definition) is 2. The van der Waals surface area contributed by atoms with Gasteiger partial charge in [0.2, 0.25) is 0 Å². The molecule has 0 bridgehead atoms. The van der Waals surface area contributed by atoms with Crippen LogP contribution in [0.3, 0.4) is 0 Å². The van der Waals surface area contributed by atoms with Crippen LogP contribution in [0.2, 0.25) is 0 Å². The van der Waals surface area contributed by atoms with Crippen molar-refractivity contribution in [2.24, 2.45) is 0 Å².